The molecule has 1 aliphatic rings. The highest BCUT2D eigenvalue weighted by Crippen LogP contribution is 2.34. The van der Waals surface area contributed by atoms with Gasteiger partial charge >= 0.3 is 0 Å². The Morgan fingerprint density at radius 1 is 1.31 bits per heavy atom. The minimum Gasteiger partial charge on any atom is -0.302 e. The Morgan fingerprint density at radius 2 is 2.08 bits per heavy atom. The Bertz CT molecular complexity index is 315. The van der Waals surface area contributed by atoms with Crippen LogP contribution in [0.1, 0.15) is 29.2 Å². The number of fused-ring (bicyclic) bond motifs is 1. The maximum absolute atomic E-state index is 2.33. The highest BCUT2D eigenvalue weighted by molar-refractivity contribution is 5.37. The molecule has 1 nitrogen and oxygen atoms in total. The zero-order valence-electron chi connectivity index (χ0n) is 8.67. The second-order valence-corrected chi connectivity index (χ2v) is 4.22. The van der Waals surface area contributed by atoms with E-state index in [2.05, 4.69) is 44.1 Å². The summed E-state index contributed by atoms with van der Waals surface area (Å²) in [7, 11) is 4.33. The Morgan fingerprint density at radius 3 is 2.77 bits per heavy atom. The van der Waals surface area contributed by atoms with Gasteiger partial charge in [-0.05, 0) is 45.0 Å². The lowest BCUT2D eigenvalue weighted by Crippen LogP contribution is -2.17. The molecule has 70 valence electrons. The van der Waals surface area contributed by atoms with Crippen LogP contribution in [0.2, 0.25) is 0 Å². The average Bonchev–Trinajstić information content (AvgIpc) is 2.46. The zero-order valence-corrected chi connectivity index (χ0v) is 8.67. The summed E-state index contributed by atoms with van der Waals surface area (Å²) in [5, 5.41) is 0. The first-order chi connectivity index (χ1) is 6.18. The van der Waals surface area contributed by atoms with Crippen molar-refractivity contribution >= 4 is 0 Å². The molecule has 0 amide bonds. The van der Waals surface area contributed by atoms with Gasteiger partial charge in [-0.3, -0.25) is 0 Å². The number of nitrogens with zero attached hydrogens (tertiary/aromatic N) is 1. The fourth-order valence-corrected chi connectivity index (χ4v) is 2.26. The van der Waals surface area contributed by atoms with Crippen molar-refractivity contribution in [1.29, 1.82) is 0 Å². The third-order valence-electron chi connectivity index (χ3n) is 2.97. The predicted octanol–water partition coefficient (Wildman–Crippen LogP) is 2.54. The van der Waals surface area contributed by atoms with Crippen molar-refractivity contribution in [3.63, 3.8) is 0 Å². The van der Waals surface area contributed by atoms with Crippen LogP contribution in [0.4, 0.5) is 0 Å². The number of hydrogen-bond donors (Lipinski definition) is 0. The van der Waals surface area contributed by atoms with Gasteiger partial charge in [0.05, 0.1) is 0 Å². The molecule has 1 unspecified atom stereocenters. The first kappa shape index (κ1) is 8.76. The van der Waals surface area contributed by atoms with E-state index >= 15 is 0 Å². The van der Waals surface area contributed by atoms with E-state index in [1.54, 1.807) is 5.56 Å². The molecule has 0 radical (unpaired) electrons. The third-order valence-corrected chi connectivity index (χ3v) is 2.97. The molecule has 0 saturated heterocycles. The van der Waals surface area contributed by atoms with Crippen LogP contribution in [0.3, 0.4) is 0 Å². The zero-order chi connectivity index (χ0) is 9.42. The number of aryl methyl sites for hydroxylation is 2. The molecule has 0 aromatic heterocycles. The smallest absolute Gasteiger partial charge is 0.0347 e. The van der Waals surface area contributed by atoms with Crippen LogP contribution < -0.4 is 0 Å². The van der Waals surface area contributed by atoms with E-state index in [1.165, 1.54) is 24.0 Å². The van der Waals surface area contributed by atoms with Crippen molar-refractivity contribution in [3.8, 4) is 0 Å². The molecule has 2 rings (SSSR count). The molecular weight excluding hydrogens is 158 g/mol. The van der Waals surface area contributed by atoms with Gasteiger partial charge in [-0.2, -0.15) is 0 Å². The number of rotatable bonds is 1. The second-order valence-electron chi connectivity index (χ2n) is 4.22. The van der Waals surface area contributed by atoms with Crippen molar-refractivity contribution in [1.82, 2.24) is 4.90 Å². The fraction of sp³-hybridized carbons (Fsp3) is 0.500. The van der Waals surface area contributed by atoms with E-state index in [9.17, 15) is 0 Å². The minimum atomic E-state index is 0.649. The molecule has 0 N–H and O–H groups in total. The van der Waals surface area contributed by atoms with Crippen LogP contribution in [0.25, 0.3) is 0 Å². The van der Waals surface area contributed by atoms with Crippen molar-refractivity contribution in [3.05, 3.63) is 34.9 Å². The largest absolute Gasteiger partial charge is 0.302 e. The summed E-state index contributed by atoms with van der Waals surface area (Å²) in [4.78, 5) is 2.32. The number of benzene rings is 1. The van der Waals surface area contributed by atoms with Crippen LogP contribution in [-0.4, -0.2) is 19.0 Å². The van der Waals surface area contributed by atoms with Gasteiger partial charge in [0.15, 0.2) is 0 Å². The maximum Gasteiger partial charge on any atom is 0.0347 e. The van der Waals surface area contributed by atoms with Gasteiger partial charge in [0.25, 0.3) is 0 Å². The quantitative estimate of drug-likeness (QED) is 0.634. The molecule has 1 aliphatic carbocycles. The lowest BCUT2D eigenvalue weighted by Gasteiger charge is -2.19. The monoisotopic (exact) mass is 175 g/mol. The van der Waals surface area contributed by atoms with E-state index in [0.717, 1.165) is 0 Å². The van der Waals surface area contributed by atoms with Crippen LogP contribution in [0, 0.1) is 6.92 Å². The summed E-state index contributed by atoms with van der Waals surface area (Å²) >= 11 is 0. The summed E-state index contributed by atoms with van der Waals surface area (Å²) in [6, 6.07) is 7.50. The molecule has 0 fully saturated rings. The Hall–Kier alpha value is -0.820. The normalized spacial score (nSPS) is 20.8. The molecule has 0 heterocycles. The molecule has 0 aliphatic heterocycles. The molecule has 1 heteroatoms. The molecule has 13 heavy (non-hydrogen) atoms. The van der Waals surface area contributed by atoms with E-state index < -0.39 is 0 Å². The summed E-state index contributed by atoms with van der Waals surface area (Å²) < 4.78 is 0. The lowest BCUT2D eigenvalue weighted by atomic mass is 10.1. The molecule has 0 saturated carbocycles. The Balaban J connectivity index is 2.38. The Labute approximate surface area is 80.4 Å². The minimum absolute atomic E-state index is 0.649. The first-order valence-electron chi connectivity index (χ1n) is 4.94. The topological polar surface area (TPSA) is 3.24 Å². The van der Waals surface area contributed by atoms with Crippen LogP contribution >= 0.6 is 0 Å². The van der Waals surface area contributed by atoms with Crippen LogP contribution in [0.5, 0.6) is 0 Å². The fourth-order valence-electron chi connectivity index (χ4n) is 2.26. The van der Waals surface area contributed by atoms with E-state index in [1.807, 2.05) is 0 Å². The maximum atomic E-state index is 2.33. The van der Waals surface area contributed by atoms with Gasteiger partial charge in [0.1, 0.15) is 0 Å². The van der Waals surface area contributed by atoms with Crippen molar-refractivity contribution in [2.75, 3.05) is 14.1 Å². The third kappa shape index (κ3) is 1.49. The summed E-state index contributed by atoms with van der Waals surface area (Å²) in [5.74, 6) is 0. The summed E-state index contributed by atoms with van der Waals surface area (Å²) in [5.41, 5.74) is 4.48. The summed E-state index contributed by atoms with van der Waals surface area (Å²) in [6.45, 7) is 2.17. The van der Waals surface area contributed by atoms with Crippen LogP contribution in [0.15, 0.2) is 18.2 Å². The predicted molar refractivity (Wildman–Crippen MR) is 55.9 cm³/mol. The van der Waals surface area contributed by atoms with Gasteiger partial charge in [0, 0.05) is 6.04 Å². The van der Waals surface area contributed by atoms with Gasteiger partial charge < -0.3 is 4.90 Å². The van der Waals surface area contributed by atoms with Gasteiger partial charge in [-0.25, -0.2) is 0 Å². The molecular formula is C12H17N. The molecule has 1 aromatic carbocycles. The van der Waals surface area contributed by atoms with E-state index in [-0.39, 0.29) is 0 Å². The molecule has 1 aromatic rings. The van der Waals surface area contributed by atoms with Gasteiger partial charge in [-0.15, -0.1) is 0 Å². The molecule has 0 bridgehead atoms. The van der Waals surface area contributed by atoms with Crippen LogP contribution in [-0.2, 0) is 6.42 Å². The van der Waals surface area contributed by atoms with Gasteiger partial charge in [0.2, 0.25) is 0 Å². The Kier molecular flexibility index (Phi) is 2.12. The SMILES string of the molecule is Cc1ccc2c(c1)CCC2N(C)C. The summed E-state index contributed by atoms with van der Waals surface area (Å²) in [6.07, 6.45) is 2.53. The van der Waals surface area contributed by atoms with E-state index in [4.69, 9.17) is 0 Å². The number of hydrogen-bond acceptors (Lipinski definition) is 1. The highest BCUT2D eigenvalue weighted by Gasteiger charge is 2.23. The standard InChI is InChI=1S/C12H17N/c1-9-4-6-11-10(8-9)5-7-12(11)13(2)3/h4,6,8,12H,5,7H2,1-3H3. The first-order valence-corrected chi connectivity index (χ1v) is 4.94. The van der Waals surface area contributed by atoms with Crippen molar-refractivity contribution in [2.24, 2.45) is 0 Å². The van der Waals surface area contributed by atoms with E-state index in [0.29, 0.717) is 6.04 Å². The average molecular weight is 175 g/mol. The van der Waals surface area contributed by atoms with Crippen molar-refractivity contribution < 1.29 is 0 Å². The van der Waals surface area contributed by atoms with Gasteiger partial charge in [-0.1, -0.05) is 23.8 Å². The molecule has 1 atom stereocenters. The second kappa shape index (κ2) is 3.15. The molecule has 0 spiro atoms. The van der Waals surface area contributed by atoms with Crippen molar-refractivity contribution in [2.45, 2.75) is 25.8 Å². The highest BCUT2D eigenvalue weighted by atomic mass is 15.1. The lowest BCUT2D eigenvalue weighted by molar-refractivity contribution is 0.299.